The molecule has 0 amide bonds. The molecule has 0 saturated carbocycles. The maximum Gasteiger partial charge on any atom is 0.354 e. The van der Waals surface area contributed by atoms with E-state index in [0.717, 1.165) is 6.20 Å². The summed E-state index contributed by atoms with van der Waals surface area (Å²) in [5.74, 6) is -2.23. The fourth-order valence-electron chi connectivity index (χ4n) is 1.25. The molecule has 0 aliphatic carbocycles. The van der Waals surface area contributed by atoms with E-state index in [9.17, 15) is 9.59 Å². The molecule has 80 valence electrons. The summed E-state index contributed by atoms with van der Waals surface area (Å²) >= 11 is 0. The average molecular weight is 218 g/mol. The van der Waals surface area contributed by atoms with E-state index >= 15 is 0 Å². The first kappa shape index (κ1) is 10.0. The van der Waals surface area contributed by atoms with Crippen LogP contribution >= 0.6 is 0 Å². The highest BCUT2D eigenvalue weighted by atomic mass is 16.4. The second kappa shape index (κ2) is 3.58. The van der Waals surface area contributed by atoms with Crippen LogP contribution < -0.4 is 0 Å². The largest absolute Gasteiger partial charge is 0.478 e. The zero-order chi connectivity index (χ0) is 11.7. The van der Waals surface area contributed by atoms with Gasteiger partial charge in [-0.3, -0.25) is 0 Å². The van der Waals surface area contributed by atoms with Gasteiger partial charge in [-0.15, -0.1) is 0 Å². The summed E-state index contributed by atoms with van der Waals surface area (Å²) in [7, 11) is 0. The van der Waals surface area contributed by atoms with Crippen molar-refractivity contribution in [3.8, 4) is 0 Å². The van der Waals surface area contributed by atoms with Gasteiger partial charge in [-0.2, -0.15) is 0 Å². The van der Waals surface area contributed by atoms with Crippen molar-refractivity contribution in [2.75, 3.05) is 0 Å². The van der Waals surface area contributed by atoms with Crippen LogP contribution in [0.15, 0.2) is 24.4 Å². The average Bonchev–Trinajstić information content (AvgIpc) is 2.27. The van der Waals surface area contributed by atoms with Crippen molar-refractivity contribution in [2.24, 2.45) is 0 Å². The molecule has 2 heterocycles. The van der Waals surface area contributed by atoms with Gasteiger partial charge in [0.05, 0.1) is 5.56 Å². The Hall–Kier alpha value is -2.50. The Morgan fingerprint density at radius 1 is 1.12 bits per heavy atom. The number of hydrogen-bond donors (Lipinski definition) is 2. The van der Waals surface area contributed by atoms with Gasteiger partial charge in [0, 0.05) is 11.6 Å². The van der Waals surface area contributed by atoms with E-state index < -0.39 is 11.9 Å². The number of pyridine rings is 2. The van der Waals surface area contributed by atoms with E-state index in [0.29, 0.717) is 5.39 Å². The van der Waals surface area contributed by atoms with Crippen LogP contribution in [0, 0.1) is 0 Å². The first-order valence-electron chi connectivity index (χ1n) is 4.31. The monoisotopic (exact) mass is 218 g/mol. The summed E-state index contributed by atoms with van der Waals surface area (Å²) in [6.07, 6.45) is 1.14. The maximum atomic E-state index is 10.7. The molecule has 0 atom stereocenters. The molecule has 2 rings (SSSR count). The molecular formula is C10H6N2O4. The first-order chi connectivity index (χ1) is 7.58. The molecule has 0 aromatic carbocycles. The van der Waals surface area contributed by atoms with Crippen molar-refractivity contribution in [1.82, 2.24) is 9.97 Å². The predicted molar refractivity (Wildman–Crippen MR) is 53.5 cm³/mol. The summed E-state index contributed by atoms with van der Waals surface area (Å²) in [5, 5.41) is 17.9. The zero-order valence-electron chi connectivity index (χ0n) is 7.91. The van der Waals surface area contributed by atoms with Gasteiger partial charge in [0.25, 0.3) is 0 Å². The number of hydrogen-bond acceptors (Lipinski definition) is 4. The van der Waals surface area contributed by atoms with Crippen LogP contribution in [0.4, 0.5) is 0 Å². The van der Waals surface area contributed by atoms with Crippen LogP contribution in [0.5, 0.6) is 0 Å². The van der Waals surface area contributed by atoms with Crippen molar-refractivity contribution >= 4 is 23.0 Å². The Labute approximate surface area is 89.2 Å². The van der Waals surface area contributed by atoms with Gasteiger partial charge in [-0.25, -0.2) is 19.6 Å². The number of nitrogens with zero attached hydrogens (tertiary/aromatic N) is 2. The molecule has 0 saturated heterocycles. The van der Waals surface area contributed by atoms with Crippen molar-refractivity contribution < 1.29 is 19.8 Å². The Balaban J connectivity index is 2.61. The van der Waals surface area contributed by atoms with Gasteiger partial charge in [0.1, 0.15) is 0 Å². The van der Waals surface area contributed by atoms with E-state index in [2.05, 4.69) is 9.97 Å². The standard InChI is InChI=1S/C10H6N2O4/c13-9(14)6-3-5-1-2-7(10(15)16)12-8(5)11-4-6/h1-4H,(H,13,14)(H,15,16). The third kappa shape index (κ3) is 1.68. The van der Waals surface area contributed by atoms with E-state index in [1.165, 1.54) is 18.2 Å². The van der Waals surface area contributed by atoms with Crippen LogP contribution in [0.1, 0.15) is 20.8 Å². The molecule has 0 unspecified atom stereocenters. The summed E-state index contributed by atoms with van der Waals surface area (Å²) in [5.41, 5.74) is 0.130. The van der Waals surface area contributed by atoms with Gasteiger partial charge in [-0.05, 0) is 18.2 Å². The lowest BCUT2D eigenvalue weighted by atomic mass is 10.2. The molecule has 2 aromatic heterocycles. The van der Waals surface area contributed by atoms with Crippen molar-refractivity contribution in [3.63, 3.8) is 0 Å². The molecule has 0 aliphatic heterocycles. The minimum Gasteiger partial charge on any atom is -0.478 e. The van der Waals surface area contributed by atoms with Gasteiger partial charge < -0.3 is 10.2 Å². The topological polar surface area (TPSA) is 100 Å². The SMILES string of the molecule is O=C(O)c1cnc2nc(C(=O)O)ccc2c1. The summed E-state index contributed by atoms with van der Waals surface area (Å²) < 4.78 is 0. The summed E-state index contributed by atoms with van der Waals surface area (Å²) in [6.45, 7) is 0. The lowest BCUT2D eigenvalue weighted by Gasteiger charge is -1.99. The van der Waals surface area contributed by atoms with E-state index in [1.54, 1.807) is 0 Å². The van der Waals surface area contributed by atoms with Crippen LogP contribution in [0.2, 0.25) is 0 Å². The number of aromatic nitrogens is 2. The quantitative estimate of drug-likeness (QED) is 0.780. The highest BCUT2D eigenvalue weighted by Gasteiger charge is 2.08. The number of aromatic carboxylic acids is 2. The minimum atomic E-state index is -1.15. The molecule has 6 nitrogen and oxygen atoms in total. The predicted octanol–water partition coefficient (Wildman–Crippen LogP) is 1.03. The number of carbonyl (C=O) groups is 2. The zero-order valence-corrected chi connectivity index (χ0v) is 7.91. The molecule has 16 heavy (non-hydrogen) atoms. The van der Waals surface area contributed by atoms with Crippen molar-refractivity contribution in [2.45, 2.75) is 0 Å². The highest BCUT2D eigenvalue weighted by Crippen LogP contribution is 2.12. The fourth-order valence-corrected chi connectivity index (χ4v) is 1.25. The van der Waals surface area contributed by atoms with Gasteiger partial charge in [-0.1, -0.05) is 0 Å². The Kier molecular flexibility index (Phi) is 2.24. The van der Waals surface area contributed by atoms with Crippen LogP contribution in [-0.2, 0) is 0 Å². The molecule has 6 heteroatoms. The number of carboxylic acid groups (broad SMARTS) is 2. The molecule has 2 aromatic rings. The Morgan fingerprint density at radius 2 is 1.88 bits per heavy atom. The molecule has 2 N–H and O–H groups in total. The smallest absolute Gasteiger partial charge is 0.354 e. The maximum absolute atomic E-state index is 10.7. The van der Waals surface area contributed by atoms with Crippen molar-refractivity contribution in [3.05, 3.63) is 35.7 Å². The molecule has 0 fully saturated rings. The summed E-state index contributed by atoms with van der Waals surface area (Å²) in [6, 6.07) is 4.17. The third-order valence-electron chi connectivity index (χ3n) is 2.01. The van der Waals surface area contributed by atoms with E-state index in [4.69, 9.17) is 10.2 Å². The number of fused-ring (bicyclic) bond motifs is 1. The van der Waals surface area contributed by atoms with Crippen LogP contribution in [-0.4, -0.2) is 32.1 Å². The second-order valence-corrected chi connectivity index (χ2v) is 3.08. The van der Waals surface area contributed by atoms with E-state index in [1.807, 2.05) is 0 Å². The third-order valence-corrected chi connectivity index (χ3v) is 2.01. The molecule has 0 spiro atoms. The molecule has 0 bridgehead atoms. The minimum absolute atomic E-state index is 0.0392. The molecule has 0 aliphatic rings. The van der Waals surface area contributed by atoms with Crippen molar-refractivity contribution in [1.29, 1.82) is 0 Å². The van der Waals surface area contributed by atoms with Crippen LogP contribution in [0.3, 0.4) is 0 Å². The number of rotatable bonds is 2. The Morgan fingerprint density at radius 3 is 2.50 bits per heavy atom. The highest BCUT2D eigenvalue weighted by molar-refractivity contribution is 5.93. The van der Waals surface area contributed by atoms with E-state index in [-0.39, 0.29) is 16.9 Å². The Bertz CT molecular complexity index is 541. The molecule has 0 radical (unpaired) electrons. The van der Waals surface area contributed by atoms with Gasteiger partial charge in [0.15, 0.2) is 11.3 Å². The fraction of sp³-hybridized carbons (Fsp3) is 0. The lowest BCUT2D eigenvalue weighted by Crippen LogP contribution is -2.02. The normalized spacial score (nSPS) is 10.2. The summed E-state index contributed by atoms with van der Waals surface area (Å²) in [4.78, 5) is 28.9. The van der Waals surface area contributed by atoms with Gasteiger partial charge in [0.2, 0.25) is 0 Å². The second-order valence-electron chi connectivity index (χ2n) is 3.08. The van der Waals surface area contributed by atoms with Crippen LogP contribution in [0.25, 0.3) is 11.0 Å². The number of carboxylic acids is 2. The lowest BCUT2D eigenvalue weighted by molar-refractivity contribution is 0.0682. The van der Waals surface area contributed by atoms with Gasteiger partial charge >= 0.3 is 11.9 Å². The first-order valence-corrected chi connectivity index (χ1v) is 4.31. The molecular weight excluding hydrogens is 212 g/mol.